The van der Waals surface area contributed by atoms with E-state index >= 15 is 0 Å². The molecule has 1 aromatic heterocycles. The van der Waals surface area contributed by atoms with E-state index in [0.29, 0.717) is 17.9 Å². The third-order valence-corrected chi connectivity index (χ3v) is 2.67. The largest absolute Gasteiger partial charge is 0.367 e. The maximum absolute atomic E-state index is 5.29. The van der Waals surface area contributed by atoms with E-state index in [2.05, 4.69) is 41.5 Å². The first kappa shape index (κ1) is 12.7. The maximum Gasteiger partial charge on any atom is 0.239 e. The lowest BCUT2D eigenvalue weighted by atomic mass is 10.0. The fourth-order valence-corrected chi connectivity index (χ4v) is 1.57. The second-order valence-corrected chi connectivity index (χ2v) is 4.27. The zero-order chi connectivity index (χ0) is 12.1. The van der Waals surface area contributed by atoms with Crippen LogP contribution in [-0.4, -0.2) is 16.0 Å². The minimum absolute atomic E-state index is 0.416. The van der Waals surface area contributed by atoms with Gasteiger partial charge in [-0.3, -0.25) is 5.43 Å². The highest BCUT2D eigenvalue weighted by atomic mass is 15.3. The highest BCUT2D eigenvalue weighted by Crippen LogP contribution is 2.17. The van der Waals surface area contributed by atoms with Crippen LogP contribution in [0.15, 0.2) is 6.20 Å². The predicted molar refractivity (Wildman–Crippen MR) is 67.1 cm³/mol. The zero-order valence-electron chi connectivity index (χ0n) is 10.4. The minimum Gasteiger partial charge on any atom is -0.367 e. The van der Waals surface area contributed by atoms with Crippen LogP contribution < -0.4 is 16.6 Å². The van der Waals surface area contributed by atoms with Gasteiger partial charge in [0.2, 0.25) is 5.95 Å². The topological polar surface area (TPSA) is 75.9 Å². The molecular formula is C11H21N5. The van der Waals surface area contributed by atoms with Gasteiger partial charge in [-0.25, -0.2) is 10.8 Å². The van der Waals surface area contributed by atoms with Crippen molar-refractivity contribution < 1.29 is 0 Å². The zero-order valence-corrected chi connectivity index (χ0v) is 10.4. The Morgan fingerprint density at radius 2 is 2.12 bits per heavy atom. The molecule has 5 heteroatoms. The van der Waals surface area contributed by atoms with Gasteiger partial charge >= 0.3 is 0 Å². The minimum atomic E-state index is 0.416. The average molecular weight is 223 g/mol. The molecule has 1 aromatic rings. The van der Waals surface area contributed by atoms with Gasteiger partial charge in [-0.1, -0.05) is 20.8 Å². The molecule has 1 unspecified atom stereocenters. The second kappa shape index (κ2) is 5.65. The summed E-state index contributed by atoms with van der Waals surface area (Å²) < 4.78 is 0. The lowest BCUT2D eigenvalue weighted by Crippen LogP contribution is -2.26. The lowest BCUT2D eigenvalue weighted by molar-refractivity contribution is 0.509. The average Bonchev–Trinajstić information content (AvgIpc) is 2.27. The Balaban J connectivity index is 2.86. The Labute approximate surface area is 96.8 Å². The van der Waals surface area contributed by atoms with Crippen molar-refractivity contribution in [3.8, 4) is 0 Å². The summed E-state index contributed by atoms with van der Waals surface area (Å²) in [7, 11) is 0. The third-order valence-electron chi connectivity index (χ3n) is 2.67. The van der Waals surface area contributed by atoms with Gasteiger partial charge in [0.15, 0.2) is 0 Å². The molecule has 0 aliphatic rings. The number of aromatic nitrogens is 2. The van der Waals surface area contributed by atoms with Crippen LogP contribution in [0, 0.1) is 12.8 Å². The summed E-state index contributed by atoms with van der Waals surface area (Å²) in [4.78, 5) is 8.35. The molecule has 1 heterocycles. The molecule has 1 rings (SSSR count). The molecule has 0 amide bonds. The van der Waals surface area contributed by atoms with Crippen LogP contribution in [0.4, 0.5) is 11.8 Å². The van der Waals surface area contributed by atoms with Crippen molar-refractivity contribution >= 4 is 11.8 Å². The Morgan fingerprint density at radius 3 is 2.62 bits per heavy atom. The molecule has 0 aromatic carbocycles. The van der Waals surface area contributed by atoms with Crippen LogP contribution in [-0.2, 0) is 0 Å². The van der Waals surface area contributed by atoms with Crippen LogP contribution in [0.2, 0.25) is 0 Å². The van der Waals surface area contributed by atoms with Gasteiger partial charge in [-0.2, -0.15) is 4.98 Å². The molecule has 0 bridgehead atoms. The molecule has 0 spiro atoms. The molecule has 1 atom stereocenters. The van der Waals surface area contributed by atoms with Crippen molar-refractivity contribution in [3.63, 3.8) is 0 Å². The van der Waals surface area contributed by atoms with Crippen molar-refractivity contribution in [2.75, 3.05) is 10.7 Å². The highest BCUT2D eigenvalue weighted by molar-refractivity contribution is 5.46. The van der Waals surface area contributed by atoms with Gasteiger partial charge < -0.3 is 5.32 Å². The van der Waals surface area contributed by atoms with Crippen molar-refractivity contribution in [2.45, 2.75) is 40.2 Å². The lowest BCUT2D eigenvalue weighted by Gasteiger charge is -2.22. The standard InChI is InChI=1S/C11H21N5/c1-5-9(7(2)3)14-10-8(4)6-13-11(15-10)16-12/h6-7,9H,5,12H2,1-4H3,(H2,13,14,15,16). The Hall–Kier alpha value is -1.36. The quantitative estimate of drug-likeness (QED) is 0.525. The molecule has 90 valence electrons. The number of aryl methyl sites for hydroxylation is 1. The van der Waals surface area contributed by atoms with Crippen LogP contribution in [0.3, 0.4) is 0 Å². The van der Waals surface area contributed by atoms with E-state index in [-0.39, 0.29) is 0 Å². The number of hydrogen-bond acceptors (Lipinski definition) is 5. The molecule has 5 nitrogen and oxygen atoms in total. The molecule has 0 fully saturated rings. The van der Waals surface area contributed by atoms with Gasteiger partial charge in [0.1, 0.15) is 5.82 Å². The summed E-state index contributed by atoms with van der Waals surface area (Å²) in [5.41, 5.74) is 3.48. The van der Waals surface area contributed by atoms with E-state index in [1.54, 1.807) is 6.20 Å². The van der Waals surface area contributed by atoms with E-state index in [1.165, 1.54) is 0 Å². The Kier molecular flexibility index (Phi) is 4.49. The van der Waals surface area contributed by atoms with Crippen LogP contribution in [0.25, 0.3) is 0 Å². The monoisotopic (exact) mass is 223 g/mol. The molecule has 0 aliphatic heterocycles. The molecule has 0 saturated heterocycles. The SMILES string of the molecule is CCC(Nc1nc(NN)ncc1C)C(C)C. The number of nitrogens with zero attached hydrogens (tertiary/aromatic N) is 2. The normalized spacial score (nSPS) is 12.6. The number of nitrogens with two attached hydrogens (primary N) is 1. The number of hydrogen-bond donors (Lipinski definition) is 3. The number of hydrazine groups is 1. The summed E-state index contributed by atoms with van der Waals surface area (Å²) in [5.74, 6) is 7.14. The van der Waals surface area contributed by atoms with Gasteiger partial charge in [0.05, 0.1) is 0 Å². The number of rotatable bonds is 5. The van der Waals surface area contributed by atoms with E-state index in [4.69, 9.17) is 5.84 Å². The first-order valence-electron chi connectivity index (χ1n) is 5.65. The summed E-state index contributed by atoms with van der Waals surface area (Å²) in [6.07, 6.45) is 2.82. The van der Waals surface area contributed by atoms with Crippen molar-refractivity contribution in [1.29, 1.82) is 0 Å². The Morgan fingerprint density at radius 1 is 1.44 bits per heavy atom. The van der Waals surface area contributed by atoms with Gasteiger partial charge in [0, 0.05) is 17.8 Å². The predicted octanol–water partition coefficient (Wildman–Crippen LogP) is 1.92. The van der Waals surface area contributed by atoms with Crippen molar-refractivity contribution in [1.82, 2.24) is 9.97 Å². The van der Waals surface area contributed by atoms with Gasteiger partial charge in [-0.05, 0) is 19.3 Å². The first-order chi connectivity index (χ1) is 7.58. The van der Waals surface area contributed by atoms with Crippen LogP contribution >= 0.6 is 0 Å². The molecule has 4 N–H and O–H groups in total. The summed E-state index contributed by atoms with van der Waals surface area (Å²) >= 11 is 0. The van der Waals surface area contributed by atoms with Crippen LogP contribution in [0.5, 0.6) is 0 Å². The summed E-state index contributed by atoms with van der Waals surface area (Å²) in [5, 5.41) is 3.42. The fourth-order valence-electron chi connectivity index (χ4n) is 1.57. The summed E-state index contributed by atoms with van der Waals surface area (Å²) in [6.45, 7) is 8.53. The fraction of sp³-hybridized carbons (Fsp3) is 0.636. The molecule has 16 heavy (non-hydrogen) atoms. The van der Waals surface area contributed by atoms with E-state index in [0.717, 1.165) is 17.8 Å². The molecule has 0 aliphatic carbocycles. The number of nitrogens with one attached hydrogen (secondary N) is 2. The van der Waals surface area contributed by atoms with Gasteiger partial charge in [-0.15, -0.1) is 0 Å². The molecule has 0 radical (unpaired) electrons. The van der Waals surface area contributed by atoms with E-state index in [1.807, 2.05) is 6.92 Å². The molecule has 0 saturated carbocycles. The summed E-state index contributed by atoms with van der Waals surface area (Å²) in [6, 6.07) is 0.416. The van der Waals surface area contributed by atoms with E-state index < -0.39 is 0 Å². The highest BCUT2D eigenvalue weighted by Gasteiger charge is 2.13. The van der Waals surface area contributed by atoms with Crippen LogP contribution in [0.1, 0.15) is 32.8 Å². The Bertz CT molecular complexity index is 337. The third kappa shape index (κ3) is 3.06. The van der Waals surface area contributed by atoms with E-state index in [9.17, 15) is 0 Å². The van der Waals surface area contributed by atoms with Crippen molar-refractivity contribution in [2.24, 2.45) is 11.8 Å². The van der Waals surface area contributed by atoms with Crippen molar-refractivity contribution in [3.05, 3.63) is 11.8 Å². The first-order valence-corrected chi connectivity index (χ1v) is 5.65. The second-order valence-electron chi connectivity index (χ2n) is 4.27. The molecular weight excluding hydrogens is 202 g/mol. The smallest absolute Gasteiger partial charge is 0.239 e. The number of nitrogen functional groups attached to an aromatic ring is 1. The van der Waals surface area contributed by atoms with Gasteiger partial charge in [0.25, 0.3) is 0 Å². The number of anilines is 2. The maximum atomic E-state index is 5.29.